The van der Waals surface area contributed by atoms with Crippen LogP contribution in [0.2, 0.25) is 0 Å². The molecule has 8 heteroatoms. The molecular weight excluding hydrogens is 356 g/mol. The number of carbonyl (C=O) groups is 2. The first kappa shape index (κ1) is 18.7. The molecule has 3 unspecified atom stereocenters. The molecule has 0 spiro atoms. The molecule has 1 saturated carbocycles. The maximum absolute atomic E-state index is 12.5. The normalized spacial score (nSPS) is 26.2. The second-order valence-electron chi connectivity index (χ2n) is 7.02. The van der Waals surface area contributed by atoms with Gasteiger partial charge in [-0.05, 0) is 30.5 Å². The van der Waals surface area contributed by atoms with E-state index in [9.17, 15) is 18.0 Å². The van der Waals surface area contributed by atoms with Gasteiger partial charge in [-0.15, -0.1) is 0 Å². The lowest BCUT2D eigenvalue weighted by atomic mass is 10.2. The van der Waals surface area contributed by atoms with E-state index in [4.69, 9.17) is 4.74 Å². The van der Waals surface area contributed by atoms with Gasteiger partial charge < -0.3 is 15.0 Å². The number of nitrogens with one attached hydrogen (secondary N) is 1. The Bertz CT molecular complexity index is 790. The summed E-state index contributed by atoms with van der Waals surface area (Å²) in [5, 5.41) is 2.86. The van der Waals surface area contributed by atoms with Gasteiger partial charge in [0.15, 0.2) is 9.84 Å². The molecule has 1 aliphatic carbocycles. The molecule has 26 heavy (non-hydrogen) atoms. The van der Waals surface area contributed by atoms with Crippen LogP contribution in [0.15, 0.2) is 24.3 Å². The second kappa shape index (κ2) is 7.26. The van der Waals surface area contributed by atoms with Gasteiger partial charge >= 0.3 is 0 Å². The summed E-state index contributed by atoms with van der Waals surface area (Å²) in [6.45, 7) is 0.400. The van der Waals surface area contributed by atoms with Gasteiger partial charge in [-0.1, -0.05) is 12.1 Å². The quantitative estimate of drug-likeness (QED) is 0.780. The van der Waals surface area contributed by atoms with Crippen molar-refractivity contribution in [2.75, 3.05) is 25.7 Å². The van der Waals surface area contributed by atoms with E-state index in [1.807, 2.05) is 24.3 Å². The summed E-state index contributed by atoms with van der Waals surface area (Å²) in [5.74, 6) is -0.00394. The lowest BCUT2D eigenvalue weighted by molar-refractivity contribution is -0.135. The topological polar surface area (TPSA) is 92.8 Å². The fraction of sp³-hybridized carbons (Fsp3) is 0.556. The van der Waals surface area contributed by atoms with Crippen LogP contribution in [0.25, 0.3) is 0 Å². The number of hydrogen-bond donors (Lipinski definition) is 1. The monoisotopic (exact) mass is 380 g/mol. The summed E-state index contributed by atoms with van der Waals surface area (Å²) in [6.07, 6.45) is 1.00. The number of amides is 2. The van der Waals surface area contributed by atoms with E-state index in [1.54, 1.807) is 14.2 Å². The molecule has 0 bridgehead atoms. The van der Waals surface area contributed by atoms with Crippen LogP contribution < -0.4 is 10.1 Å². The summed E-state index contributed by atoms with van der Waals surface area (Å²) < 4.78 is 28.2. The van der Waals surface area contributed by atoms with E-state index < -0.39 is 9.84 Å². The summed E-state index contributed by atoms with van der Waals surface area (Å²) >= 11 is 0. The van der Waals surface area contributed by atoms with E-state index in [-0.39, 0.29) is 41.2 Å². The van der Waals surface area contributed by atoms with Crippen LogP contribution in [0, 0.1) is 11.8 Å². The number of rotatable bonds is 6. The van der Waals surface area contributed by atoms with Crippen LogP contribution in [0.1, 0.15) is 18.4 Å². The maximum Gasteiger partial charge on any atom is 0.226 e. The van der Waals surface area contributed by atoms with Gasteiger partial charge in [-0.3, -0.25) is 9.59 Å². The molecular formula is C18H24N2O5S. The predicted octanol–water partition coefficient (Wildman–Crippen LogP) is 0.593. The summed E-state index contributed by atoms with van der Waals surface area (Å²) in [7, 11) is 0.198. The second-order valence-corrected chi connectivity index (χ2v) is 9.25. The number of methoxy groups -OCH3 is 1. The Morgan fingerprint density at radius 1 is 1.23 bits per heavy atom. The molecule has 7 nitrogen and oxygen atoms in total. The van der Waals surface area contributed by atoms with Crippen molar-refractivity contribution in [3.8, 4) is 5.75 Å². The molecule has 1 aromatic carbocycles. The summed E-state index contributed by atoms with van der Waals surface area (Å²) in [5.41, 5.74) is 0.955. The maximum atomic E-state index is 12.5. The molecule has 1 heterocycles. The van der Waals surface area contributed by atoms with Crippen molar-refractivity contribution >= 4 is 21.7 Å². The molecule has 0 aromatic heterocycles. The smallest absolute Gasteiger partial charge is 0.226 e. The van der Waals surface area contributed by atoms with Gasteiger partial charge in [-0.25, -0.2) is 8.42 Å². The average molecular weight is 380 g/mol. The third-order valence-corrected chi connectivity index (χ3v) is 6.92. The van der Waals surface area contributed by atoms with Gasteiger partial charge in [0.1, 0.15) is 5.75 Å². The Morgan fingerprint density at radius 2 is 1.92 bits per heavy atom. The van der Waals surface area contributed by atoms with Crippen molar-refractivity contribution in [2.24, 2.45) is 11.8 Å². The van der Waals surface area contributed by atoms with Crippen molar-refractivity contribution in [3.05, 3.63) is 29.8 Å². The molecule has 1 aliphatic heterocycles. The Kier molecular flexibility index (Phi) is 5.22. The predicted molar refractivity (Wildman–Crippen MR) is 96.3 cm³/mol. The first-order valence-electron chi connectivity index (χ1n) is 8.68. The fourth-order valence-corrected chi connectivity index (χ4v) is 5.12. The third kappa shape index (κ3) is 4.17. The Labute approximate surface area is 153 Å². The van der Waals surface area contributed by atoms with E-state index in [0.717, 1.165) is 11.3 Å². The number of hydrogen-bond acceptors (Lipinski definition) is 5. The average Bonchev–Trinajstić information content (AvgIpc) is 3.35. The largest absolute Gasteiger partial charge is 0.497 e. The van der Waals surface area contributed by atoms with Crippen LogP contribution in [0.5, 0.6) is 5.75 Å². The highest BCUT2D eigenvalue weighted by Crippen LogP contribution is 2.40. The van der Waals surface area contributed by atoms with E-state index in [0.29, 0.717) is 19.4 Å². The lowest BCUT2D eigenvalue weighted by Crippen LogP contribution is -2.39. The van der Waals surface area contributed by atoms with E-state index in [1.165, 1.54) is 4.90 Å². The Balaban J connectivity index is 1.48. The van der Waals surface area contributed by atoms with Gasteiger partial charge in [0.2, 0.25) is 11.8 Å². The van der Waals surface area contributed by atoms with Crippen LogP contribution in [0.3, 0.4) is 0 Å². The summed E-state index contributed by atoms with van der Waals surface area (Å²) in [4.78, 5) is 26.3. The SMILES string of the molecule is COc1ccc(CNC(=O)C2CC2C(=O)N(C)C2CCS(=O)(=O)C2)cc1. The van der Waals surface area contributed by atoms with Crippen LogP contribution in [-0.4, -0.2) is 56.8 Å². The molecule has 3 atom stereocenters. The van der Waals surface area contributed by atoms with Crippen molar-refractivity contribution in [1.29, 1.82) is 0 Å². The Morgan fingerprint density at radius 3 is 2.50 bits per heavy atom. The van der Waals surface area contributed by atoms with Gasteiger partial charge in [0.25, 0.3) is 0 Å². The molecule has 1 N–H and O–H groups in total. The van der Waals surface area contributed by atoms with E-state index in [2.05, 4.69) is 5.32 Å². The Hall–Kier alpha value is -2.09. The standard InChI is InChI=1S/C18H24N2O5S/c1-20(13-7-8-26(23,24)11-13)18(22)16-9-15(16)17(21)19-10-12-3-5-14(25-2)6-4-12/h3-6,13,15-16H,7-11H2,1-2H3,(H,19,21). The number of benzene rings is 1. The number of nitrogens with zero attached hydrogens (tertiary/aromatic N) is 1. The molecule has 3 rings (SSSR count). The number of sulfone groups is 1. The van der Waals surface area contributed by atoms with Crippen LogP contribution in [-0.2, 0) is 26.0 Å². The zero-order chi connectivity index (χ0) is 18.9. The first-order chi connectivity index (χ1) is 12.3. The molecule has 1 saturated heterocycles. The third-order valence-electron chi connectivity index (χ3n) is 5.17. The minimum Gasteiger partial charge on any atom is -0.497 e. The minimum absolute atomic E-state index is 0.0241. The zero-order valence-electron chi connectivity index (χ0n) is 15.0. The van der Waals surface area contributed by atoms with Crippen LogP contribution >= 0.6 is 0 Å². The highest BCUT2D eigenvalue weighted by molar-refractivity contribution is 7.91. The van der Waals surface area contributed by atoms with Crippen molar-refractivity contribution in [2.45, 2.75) is 25.4 Å². The zero-order valence-corrected chi connectivity index (χ0v) is 15.8. The van der Waals surface area contributed by atoms with Crippen LogP contribution in [0.4, 0.5) is 0 Å². The lowest BCUT2D eigenvalue weighted by Gasteiger charge is -2.23. The summed E-state index contributed by atoms with van der Waals surface area (Å²) in [6, 6.07) is 7.15. The van der Waals surface area contributed by atoms with Crippen molar-refractivity contribution in [1.82, 2.24) is 10.2 Å². The van der Waals surface area contributed by atoms with Crippen molar-refractivity contribution < 1.29 is 22.7 Å². The van der Waals surface area contributed by atoms with Gasteiger partial charge in [0.05, 0.1) is 30.5 Å². The molecule has 2 fully saturated rings. The fourth-order valence-electron chi connectivity index (χ4n) is 3.34. The molecule has 2 aliphatic rings. The number of ether oxygens (including phenoxy) is 1. The molecule has 1 aromatic rings. The molecule has 0 radical (unpaired) electrons. The highest BCUT2D eigenvalue weighted by Gasteiger charge is 2.50. The number of carbonyl (C=O) groups excluding carboxylic acids is 2. The molecule has 142 valence electrons. The highest BCUT2D eigenvalue weighted by atomic mass is 32.2. The first-order valence-corrected chi connectivity index (χ1v) is 10.5. The van der Waals surface area contributed by atoms with Crippen molar-refractivity contribution in [3.63, 3.8) is 0 Å². The molecule has 2 amide bonds. The van der Waals surface area contributed by atoms with Gasteiger partial charge in [-0.2, -0.15) is 0 Å². The minimum atomic E-state index is -3.04. The van der Waals surface area contributed by atoms with E-state index >= 15 is 0 Å². The van der Waals surface area contributed by atoms with Gasteiger partial charge in [0, 0.05) is 19.6 Å².